The van der Waals surface area contributed by atoms with E-state index in [0.717, 1.165) is 23.0 Å². The smallest absolute Gasteiger partial charge is 0.190 e. The lowest BCUT2D eigenvalue weighted by molar-refractivity contribution is 0.112. The van der Waals surface area contributed by atoms with Crippen LogP contribution in [0, 0.1) is 11.3 Å². The molecule has 5 nitrogen and oxygen atoms in total. The normalized spacial score (nSPS) is 10.6. The van der Waals surface area contributed by atoms with Crippen molar-refractivity contribution in [2.45, 2.75) is 0 Å². The van der Waals surface area contributed by atoms with Gasteiger partial charge in [-0.25, -0.2) is 0 Å². The highest BCUT2D eigenvalue weighted by Crippen LogP contribution is 2.20. The van der Waals surface area contributed by atoms with E-state index in [9.17, 15) is 4.79 Å². The first-order chi connectivity index (χ1) is 11.3. The predicted molar refractivity (Wildman–Crippen MR) is 87.3 cm³/mol. The van der Waals surface area contributed by atoms with Gasteiger partial charge in [-0.05, 0) is 11.1 Å². The molecule has 0 saturated heterocycles. The quantitative estimate of drug-likeness (QED) is 0.592. The van der Waals surface area contributed by atoms with E-state index < -0.39 is 0 Å². The van der Waals surface area contributed by atoms with E-state index in [2.05, 4.69) is 15.4 Å². The first kappa shape index (κ1) is 14.4. The average molecular weight is 300 g/mol. The second kappa shape index (κ2) is 6.50. The lowest BCUT2D eigenvalue weighted by atomic mass is 10.1. The summed E-state index contributed by atoms with van der Waals surface area (Å²) in [6.45, 7) is 0. The summed E-state index contributed by atoms with van der Waals surface area (Å²) in [5.41, 5.74) is 4.46. The number of nitrogens with zero attached hydrogens (tertiary/aromatic N) is 3. The number of nitriles is 1. The second-order valence-corrected chi connectivity index (χ2v) is 4.89. The molecule has 3 rings (SSSR count). The Balaban J connectivity index is 1.78. The van der Waals surface area contributed by atoms with Crippen molar-refractivity contribution in [2.75, 3.05) is 0 Å². The monoisotopic (exact) mass is 300 g/mol. The number of carbonyl (C=O) groups excluding carboxylic acids is 1. The molecule has 1 heterocycles. The highest BCUT2D eigenvalue weighted by atomic mass is 16.1. The Hall–Kier alpha value is -3.52. The van der Waals surface area contributed by atoms with Crippen LogP contribution in [0.3, 0.4) is 0 Å². The van der Waals surface area contributed by atoms with Crippen molar-refractivity contribution in [3.05, 3.63) is 70.9 Å². The van der Waals surface area contributed by atoms with Crippen molar-refractivity contribution >= 4 is 18.4 Å². The summed E-state index contributed by atoms with van der Waals surface area (Å²) in [4.78, 5) is 10.6. The molecule has 23 heavy (non-hydrogen) atoms. The van der Waals surface area contributed by atoms with Gasteiger partial charge in [0.05, 0.1) is 0 Å². The number of aromatic amines is 1. The van der Waals surface area contributed by atoms with Gasteiger partial charge >= 0.3 is 0 Å². The Kier molecular flexibility index (Phi) is 4.07. The molecule has 110 valence electrons. The van der Waals surface area contributed by atoms with Crippen LogP contribution in [0.25, 0.3) is 23.4 Å². The summed E-state index contributed by atoms with van der Waals surface area (Å²) in [6.07, 6.45) is 4.78. The third-order valence-electron chi connectivity index (χ3n) is 3.39. The number of aromatic nitrogens is 3. The first-order valence-corrected chi connectivity index (χ1v) is 6.95. The lowest BCUT2D eigenvalue weighted by Crippen LogP contribution is -1.83. The van der Waals surface area contributed by atoms with Gasteiger partial charge in [0.15, 0.2) is 5.69 Å². The van der Waals surface area contributed by atoms with Gasteiger partial charge in [0, 0.05) is 11.1 Å². The minimum atomic E-state index is 0.281. The third kappa shape index (κ3) is 3.22. The first-order valence-electron chi connectivity index (χ1n) is 6.95. The summed E-state index contributed by atoms with van der Waals surface area (Å²) in [5, 5.41) is 19.1. The van der Waals surface area contributed by atoms with Crippen molar-refractivity contribution in [2.24, 2.45) is 0 Å². The Morgan fingerprint density at radius 1 is 0.913 bits per heavy atom. The molecule has 0 amide bonds. The van der Waals surface area contributed by atoms with Crippen LogP contribution < -0.4 is 0 Å². The van der Waals surface area contributed by atoms with Crippen LogP contribution in [0.1, 0.15) is 27.2 Å². The summed E-state index contributed by atoms with van der Waals surface area (Å²) in [6, 6.07) is 17.1. The average Bonchev–Trinajstić information content (AvgIpc) is 3.09. The van der Waals surface area contributed by atoms with Crippen LogP contribution in [-0.2, 0) is 0 Å². The summed E-state index contributed by atoms with van der Waals surface area (Å²) < 4.78 is 0. The van der Waals surface area contributed by atoms with Crippen LogP contribution in [0.15, 0.2) is 48.5 Å². The zero-order valence-electron chi connectivity index (χ0n) is 12.1. The van der Waals surface area contributed by atoms with Crippen molar-refractivity contribution in [3.8, 4) is 17.3 Å². The number of carbonyl (C=O) groups is 1. The molecule has 1 N–H and O–H groups in total. The maximum absolute atomic E-state index is 10.6. The predicted octanol–water partition coefficient (Wildman–Crippen LogP) is 3.33. The molecule has 0 atom stereocenters. The molecular weight excluding hydrogens is 288 g/mol. The molecule has 0 aliphatic carbocycles. The van der Waals surface area contributed by atoms with E-state index >= 15 is 0 Å². The van der Waals surface area contributed by atoms with Gasteiger partial charge in [-0.1, -0.05) is 65.9 Å². The molecule has 0 bridgehead atoms. The Morgan fingerprint density at radius 3 is 2.04 bits per heavy atom. The van der Waals surface area contributed by atoms with Crippen LogP contribution in [-0.4, -0.2) is 21.7 Å². The zero-order chi connectivity index (χ0) is 16.1. The number of hydrogen-bond acceptors (Lipinski definition) is 4. The van der Waals surface area contributed by atoms with Crippen LogP contribution >= 0.6 is 0 Å². The number of H-pyrrole nitrogens is 1. The Morgan fingerprint density at radius 2 is 1.48 bits per heavy atom. The maximum atomic E-state index is 10.6. The fraction of sp³-hybridized carbons (Fsp3) is 0. The summed E-state index contributed by atoms with van der Waals surface area (Å²) >= 11 is 0. The van der Waals surface area contributed by atoms with Gasteiger partial charge < -0.3 is 0 Å². The number of hydrogen-bond donors (Lipinski definition) is 1. The minimum Gasteiger partial charge on any atom is -0.298 e. The minimum absolute atomic E-state index is 0.281. The molecule has 1 aromatic heterocycles. The van der Waals surface area contributed by atoms with Gasteiger partial charge in [0.1, 0.15) is 18.0 Å². The van der Waals surface area contributed by atoms with E-state index in [4.69, 9.17) is 5.26 Å². The molecule has 0 saturated carbocycles. The van der Waals surface area contributed by atoms with Gasteiger partial charge in [0.25, 0.3) is 0 Å². The lowest BCUT2D eigenvalue weighted by Gasteiger charge is -1.99. The highest BCUT2D eigenvalue weighted by Gasteiger charge is 2.07. The Bertz CT molecular complexity index is 884. The SMILES string of the molecule is N#Cc1nn[nH]c1-c1ccc(C=Cc2ccc(C=O)cc2)cc1. The van der Waals surface area contributed by atoms with E-state index in [0.29, 0.717) is 11.3 Å². The molecule has 0 aliphatic heterocycles. The molecule has 0 radical (unpaired) electrons. The molecule has 5 heteroatoms. The number of aldehydes is 1. The van der Waals surface area contributed by atoms with Crippen LogP contribution in [0.5, 0.6) is 0 Å². The number of benzene rings is 2. The number of nitrogens with one attached hydrogen (secondary N) is 1. The van der Waals surface area contributed by atoms with E-state index in [1.54, 1.807) is 12.1 Å². The molecule has 0 unspecified atom stereocenters. The van der Waals surface area contributed by atoms with Crippen LogP contribution in [0.2, 0.25) is 0 Å². The van der Waals surface area contributed by atoms with Gasteiger partial charge in [0.2, 0.25) is 0 Å². The zero-order valence-corrected chi connectivity index (χ0v) is 12.1. The van der Waals surface area contributed by atoms with Crippen molar-refractivity contribution in [1.82, 2.24) is 15.4 Å². The van der Waals surface area contributed by atoms with Gasteiger partial charge in [-0.2, -0.15) is 5.26 Å². The summed E-state index contributed by atoms with van der Waals surface area (Å²) in [7, 11) is 0. The molecule has 0 fully saturated rings. The highest BCUT2D eigenvalue weighted by molar-refractivity contribution is 5.77. The fourth-order valence-electron chi connectivity index (χ4n) is 2.15. The maximum Gasteiger partial charge on any atom is 0.190 e. The van der Waals surface area contributed by atoms with Crippen molar-refractivity contribution < 1.29 is 4.79 Å². The second-order valence-electron chi connectivity index (χ2n) is 4.89. The fourth-order valence-corrected chi connectivity index (χ4v) is 2.15. The molecule has 0 aliphatic rings. The topological polar surface area (TPSA) is 82.4 Å². The van der Waals surface area contributed by atoms with E-state index in [1.807, 2.05) is 54.6 Å². The molecule has 0 spiro atoms. The van der Waals surface area contributed by atoms with E-state index in [-0.39, 0.29) is 5.69 Å². The molecule has 3 aromatic rings. The van der Waals surface area contributed by atoms with Gasteiger partial charge in [-0.3, -0.25) is 9.89 Å². The third-order valence-corrected chi connectivity index (χ3v) is 3.39. The largest absolute Gasteiger partial charge is 0.298 e. The molecule has 2 aromatic carbocycles. The van der Waals surface area contributed by atoms with Crippen LogP contribution in [0.4, 0.5) is 0 Å². The number of rotatable bonds is 4. The summed E-state index contributed by atoms with van der Waals surface area (Å²) in [5.74, 6) is 0. The molecular formula is C18H12N4O. The standard InChI is InChI=1S/C18H12N4O/c19-11-17-18(21-22-20-17)16-9-7-14(8-10-16)2-1-13-3-5-15(12-23)6-4-13/h1-10,12H,(H,20,21,22). The van der Waals surface area contributed by atoms with Crippen molar-refractivity contribution in [1.29, 1.82) is 5.26 Å². The Labute approximate surface area is 132 Å². The van der Waals surface area contributed by atoms with Gasteiger partial charge in [-0.15, -0.1) is 5.10 Å². The van der Waals surface area contributed by atoms with E-state index in [1.165, 1.54) is 0 Å². The van der Waals surface area contributed by atoms with Crippen molar-refractivity contribution in [3.63, 3.8) is 0 Å².